The summed E-state index contributed by atoms with van der Waals surface area (Å²) in [6.45, 7) is 6.98. The van der Waals surface area contributed by atoms with Gasteiger partial charge in [0.1, 0.15) is 0 Å². The first-order chi connectivity index (χ1) is 8.08. The summed E-state index contributed by atoms with van der Waals surface area (Å²) in [4.78, 5) is 14.0. The SMILES string of the molecule is C=CCN(CCC)C(=O)c1cc(N)cc(Br)c1. The largest absolute Gasteiger partial charge is 0.399 e. The highest BCUT2D eigenvalue weighted by atomic mass is 79.9. The number of nitrogens with zero attached hydrogens (tertiary/aromatic N) is 1. The molecule has 17 heavy (non-hydrogen) atoms. The molecule has 2 N–H and O–H groups in total. The van der Waals surface area contributed by atoms with Gasteiger partial charge in [-0.15, -0.1) is 6.58 Å². The van der Waals surface area contributed by atoms with Gasteiger partial charge < -0.3 is 10.6 Å². The number of nitrogens with two attached hydrogens (primary N) is 1. The third-order valence-corrected chi connectivity index (χ3v) is 2.76. The van der Waals surface area contributed by atoms with Gasteiger partial charge >= 0.3 is 0 Å². The lowest BCUT2D eigenvalue weighted by Gasteiger charge is -2.20. The predicted molar refractivity (Wildman–Crippen MR) is 74.9 cm³/mol. The van der Waals surface area contributed by atoms with E-state index in [9.17, 15) is 4.79 Å². The van der Waals surface area contributed by atoms with Crippen LogP contribution in [0.3, 0.4) is 0 Å². The highest BCUT2D eigenvalue weighted by Crippen LogP contribution is 2.18. The molecule has 0 unspecified atom stereocenters. The minimum absolute atomic E-state index is 0.0141. The maximum atomic E-state index is 12.2. The van der Waals surface area contributed by atoms with E-state index in [1.54, 1.807) is 29.2 Å². The van der Waals surface area contributed by atoms with Crippen LogP contribution in [0.2, 0.25) is 0 Å². The Morgan fingerprint density at radius 3 is 2.76 bits per heavy atom. The number of halogens is 1. The molecule has 0 saturated heterocycles. The molecule has 0 spiro atoms. The second kappa shape index (κ2) is 6.45. The van der Waals surface area contributed by atoms with Crippen LogP contribution in [0.25, 0.3) is 0 Å². The monoisotopic (exact) mass is 296 g/mol. The molecule has 1 aromatic rings. The van der Waals surface area contributed by atoms with E-state index in [0.717, 1.165) is 17.4 Å². The first kappa shape index (κ1) is 13.8. The maximum Gasteiger partial charge on any atom is 0.254 e. The van der Waals surface area contributed by atoms with Crippen LogP contribution in [-0.4, -0.2) is 23.9 Å². The Morgan fingerprint density at radius 2 is 2.24 bits per heavy atom. The van der Waals surface area contributed by atoms with E-state index < -0.39 is 0 Å². The van der Waals surface area contributed by atoms with Crippen LogP contribution < -0.4 is 5.73 Å². The Morgan fingerprint density at radius 1 is 1.53 bits per heavy atom. The second-order valence-electron chi connectivity index (χ2n) is 3.81. The average Bonchev–Trinajstić information content (AvgIpc) is 2.26. The van der Waals surface area contributed by atoms with Gasteiger partial charge in [-0.05, 0) is 24.6 Å². The van der Waals surface area contributed by atoms with E-state index in [1.807, 2.05) is 6.92 Å². The minimum Gasteiger partial charge on any atom is -0.399 e. The van der Waals surface area contributed by atoms with Crippen LogP contribution in [0, 0.1) is 0 Å². The number of carbonyl (C=O) groups is 1. The van der Waals surface area contributed by atoms with Crippen LogP contribution in [0.1, 0.15) is 23.7 Å². The van der Waals surface area contributed by atoms with Crippen molar-refractivity contribution in [2.45, 2.75) is 13.3 Å². The van der Waals surface area contributed by atoms with Crippen molar-refractivity contribution in [1.29, 1.82) is 0 Å². The van der Waals surface area contributed by atoms with Gasteiger partial charge in [-0.2, -0.15) is 0 Å². The van der Waals surface area contributed by atoms with E-state index in [1.165, 1.54) is 0 Å². The number of nitrogen functional groups attached to an aromatic ring is 1. The fourth-order valence-electron chi connectivity index (χ4n) is 1.62. The molecule has 0 aromatic heterocycles. The zero-order valence-electron chi connectivity index (χ0n) is 9.95. The third kappa shape index (κ3) is 3.89. The number of hydrogen-bond donors (Lipinski definition) is 1. The molecule has 0 aliphatic rings. The molecule has 0 aliphatic heterocycles. The van der Waals surface area contributed by atoms with Crippen LogP contribution in [0.5, 0.6) is 0 Å². The molecule has 1 aromatic carbocycles. The summed E-state index contributed by atoms with van der Waals surface area (Å²) in [5.74, 6) is -0.0141. The van der Waals surface area contributed by atoms with Gasteiger partial charge in [0, 0.05) is 28.8 Å². The highest BCUT2D eigenvalue weighted by Gasteiger charge is 2.14. The first-order valence-corrected chi connectivity index (χ1v) is 6.34. The van der Waals surface area contributed by atoms with E-state index in [4.69, 9.17) is 5.73 Å². The molecule has 0 radical (unpaired) electrons. The van der Waals surface area contributed by atoms with Crippen molar-refractivity contribution in [2.75, 3.05) is 18.8 Å². The fourth-order valence-corrected chi connectivity index (χ4v) is 2.13. The normalized spacial score (nSPS) is 10.0. The molecule has 0 atom stereocenters. The summed E-state index contributed by atoms with van der Waals surface area (Å²) in [5, 5.41) is 0. The van der Waals surface area contributed by atoms with Gasteiger partial charge in [0.25, 0.3) is 5.91 Å². The maximum absolute atomic E-state index is 12.2. The molecular formula is C13H17BrN2O. The Labute approximate surface area is 110 Å². The lowest BCUT2D eigenvalue weighted by atomic mass is 10.1. The van der Waals surface area contributed by atoms with Crippen LogP contribution >= 0.6 is 15.9 Å². The van der Waals surface area contributed by atoms with Crippen LogP contribution in [-0.2, 0) is 0 Å². The summed E-state index contributed by atoms with van der Waals surface area (Å²) in [7, 11) is 0. The van der Waals surface area contributed by atoms with E-state index in [-0.39, 0.29) is 5.91 Å². The Kier molecular flexibility index (Phi) is 5.22. The van der Waals surface area contributed by atoms with Crippen molar-refractivity contribution < 1.29 is 4.79 Å². The molecule has 1 rings (SSSR count). The van der Waals surface area contributed by atoms with Crippen LogP contribution in [0.15, 0.2) is 35.3 Å². The quantitative estimate of drug-likeness (QED) is 0.670. The standard InChI is InChI=1S/C13H17BrN2O/c1-3-5-16(6-4-2)13(17)10-7-11(14)9-12(15)8-10/h3,7-9H,1,4-6,15H2,2H3. The van der Waals surface area contributed by atoms with Crippen molar-refractivity contribution in [2.24, 2.45) is 0 Å². The molecule has 0 aliphatic carbocycles. The molecule has 0 bridgehead atoms. The summed E-state index contributed by atoms with van der Waals surface area (Å²) < 4.78 is 0.816. The van der Waals surface area contributed by atoms with Gasteiger partial charge in [-0.1, -0.05) is 28.9 Å². The molecule has 0 fully saturated rings. The third-order valence-electron chi connectivity index (χ3n) is 2.30. The lowest BCUT2D eigenvalue weighted by Crippen LogP contribution is -2.31. The molecule has 92 valence electrons. The molecular weight excluding hydrogens is 280 g/mol. The Bertz CT molecular complexity index is 398. The van der Waals surface area contributed by atoms with Crippen molar-refractivity contribution >= 4 is 27.5 Å². The van der Waals surface area contributed by atoms with E-state index in [2.05, 4.69) is 22.5 Å². The van der Waals surface area contributed by atoms with Gasteiger partial charge in [0.2, 0.25) is 0 Å². The fraction of sp³-hybridized carbons (Fsp3) is 0.308. The summed E-state index contributed by atoms with van der Waals surface area (Å²) in [6, 6.07) is 5.25. The van der Waals surface area contributed by atoms with Gasteiger partial charge in [-0.25, -0.2) is 0 Å². The van der Waals surface area contributed by atoms with Gasteiger partial charge in [-0.3, -0.25) is 4.79 Å². The average molecular weight is 297 g/mol. The van der Waals surface area contributed by atoms with Crippen molar-refractivity contribution in [3.05, 3.63) is 40.9 Å². The molecule has 1 amide bonds. The number of hydrogen-bond acceptors (Lipinski definition) is 2. The topological polar surface area (TPSA) is 46.3 Å². The zero-order valence-corrected chi connectivity index (χ0v) is 11.5. The zero-order chi connectivity index (χ0) is 12.8. The lowest BCUT2D eigenvalue weighted by molar-refractivity contribution is 0.0774. The number of anilines is 1. The molecule has 0 heterocycles. The number of carbonyl (C=O) groups excluding carboxylic acids is 1. The van der Waals surface area contributed by atoms with Crippen molar-refractivity contribution in [1.82, 2.24) is 4.90 Å². The number of benzene rings is 1. The number of amides is 1. The Balaban J connectivity index is 2.95. The molecule has 0 saturated carbocycles. The second-order valence-corrected chi connectivity index (χ2v) is 4.73. The minimum atomic E-state index is -0.0141. The summed E-state index contributed by atoms with van der Waals surface area (Å²) in [6.07, 6.45) is 2.65. The summed E-state index contributed by atoms with van der Waals surface area (Å²) >= 11 is 3.34. The van der Waals surface area contributed by atoms with E-state index >= 15 is 0 Å². The molecule has 4 heteroatoms. The van der Waals surface area contributed by atoms with Crippen molar-refractivity contribution in [3.8, 4) is 0 Å². The van der Waals surface area contributed by atoms with Crippen LogP contribution in [0.4, 0.5) is 5.69 Å². The first-order valence-electron chi connectivity index (χ1n) is 5.54. The smallest absolute Gasteiger partial charge is 0.254 e. The number of rotatable bonds is 5. The molecule has 3 nitrogen and oxygen atoms in total. The summed E-state index contributed by atoms with van der Waals surface area (Å²) in [5.41, 5.74) is 6.91. The van der Waals surface area contributed by atoms with Gasteiger partial charge in [0.15, 0.2) is 0 Å². The predicted octanol–water partition coefficient (Wildman–Crippen LogP) is 3.07. The Hall–Kier alpha value is -1.29. The van der Waals surface area contributed by atoms with Gasteiger partial charge in [0.05, 0.1) is 0 Å². The van der Waals surface area contributed by atoms with Crippen molar-refractivity contribution in [3.63, 3.8) is 0 Å². The van der Waals surface area contributed by atoms with E-state index in [0.29, 0.717) is 17.8 Å². The highest BCUT2D eigenvalue weighted by molar-refractivity contribution is 9.10.